The molecule has 0 amide bonds. The molecule has 0 radical (unpaired) electrons. The van der Waals surface area contributed by atoms with Gasteiger partial charge in [-0.25, -0.2) is 4.79 Å². The molecule has 0 aliphatic heterocycles. The molecule has 0 aliphatic rings. The topological polar surface area (TPSA) is 38.7 Å². The van der Waals surface area contributed by atoms with Crippen LogP contribution in [0.15, 0.2) is 65.8 Å². The van der Waals surface area contributed by atoms with Crippen molar-refractivity contribution in [3.63, 3.8) is 0 Å². The van der Waals surface area contributed by atoms with Crippen LogP contribution in [0.4, 0.5) is 0 Å². The van der Waals surface area contributed by atoms with E-state index < -0.39 is 5.97 Å². The Morgan fingerprint density at radius 1 is 1.10 bits per heavy atom. The molecule has 2 aromatic rings. The third-order valence-corrected chi connectivity index (χ3v) is 3.01. The fourth-order valence-electron chi connectivity index (χ4n) is 1.60. The van der Waals surface area contributed by atoms with Gasteiger partial charge in [0, 0.05) is 0 Å². The van der Waals surface area contributed by atoms with Crippen molar-refractivity contribution >= 4 is 29.4 Å². The number of oxime groups is 1. The number of halogens is 1. The van der Waals surface area contributed by atoms with Gasteiger partial charge in [-0.05, 0) is 30.7 Å². The maximum absolute atomic E-state index is 11.8. The van der Waals surface area contributed by atoms with Gasteiger partial charge in [-0.3, -0.25) is 0 Å². The average Bonchev–Trinajstić information content (AvgIpc) is 2.52. The summed E-state index contributed by atoms with van der Waals surface area (Å²) in [5.41, 5.74) is 1.92. The van der Waals surface area contributed by atoms with Crippen molar-refractivity contribution in [2.24, 2.45) is 5.16 Å². The fraction of sp³-hybridized carbons (Fsp3) is 0.0588. The molecular formula is C17H14ClNO2. The molecule has 2 rings (SSSR count). The first kappa shape index (κ1) is 15.0. The summed E-state index contributed by atoms with van der Waals surface area (Å²) >= 11 is 5.91. The third-order valence-electron chi connectivity index (χ3n) is 2.68. The van der Waals surface area contributed by atoms with E-state index >= 15 is 0 Å². The first-order valence-electron chi connectivity index (χ1n) is 6.40. The van der Waals surface area contributed by atoms with Crippen LogP contribution >= 0.6 is 11.6 Å². The normalized spacial score (nSPS) is 11.6. The Balaban J connectivity index is 1.99. The van der Waals surface area contributed by atoms with Crippen LogP contribution in [0.2, 0.25) is 5.02 Å². The van der Waals surface area contributed by atoms with Gasteiger partial charge in [0.2, 0.25) is 0 Å². The fourth-order valence-corrected chi connectivity index (χ4v) is 1.81. The molecule has 0 heterocycles. The van der Waals surface area contributed by atoms with Crippen LogP contribution in [0, 0.1) is 0 Å². The van der Waals surface area contributed by atoms with Gasteiger partial charge in [0.05, 0.1) is 16.3 Å². The monoisotopic (exact) mass is 299 g/mol. The van der Waals surface area contributed by atoms with Gasteiger partial charge in [0.25, 0.3) is 0 Å². The first-order valence-corrected chi connectivity index (χ1v) is 6.78. The summed E-state index contributed by atoms with van der Waals surface area (Å²) in [5.74, 6) is -0.576. The molecule has 0 aromatic heterocycles. The van der Waals surface area contributed by atoms with Crippen LogP contribution in [0.5, 0.6) is 0 Å². The number of benzene rings is 2. The van der Waals surface area contributed by atoms with Crippen LogP contribution in [0.1, 0.15) is 22.8 Å². The second-order valence-corrected chi connectivity index (χ2v) is 4.74. The Labute approximate surface area is 128 Å². The van der Waals surface area contributed by atoms with E-state index in [1.165, 1.54) is 0 Å². The number of hydrogen-bond acceptors (Lipinski definition) is 3. The molecule has 2 aromatic carbocycles. The smallest absolute Gasteiger partial charge is 0.312 e. The number of carbonyl (C=O) groups is 1. The minimum Gasteiger partial charge on any atom is -0.312 e. The maximum atomic E-state index is 11.8. The van der Waals surface area contributed by atoms with E-state index in [9.17, 15) is 4.79 Å². The summed E-state index contributed by atoms with van der Waals surface area (Å²) in [6, 6.07) is 16.5. The molecule has 0 aliphatic carbocycles. The van der Waals surface area contributed by atoms with Gasteiger partial charge in [0.1, 0.15) is 0 Å². The molecular weight excluding hydrogens is 286 g/mol. The van der Waals surface area contributed by atoms with Gasteiger partial charge < -0.3 is 4.84 Å². The Bertz CT molecular complexity index is 678. The van der Waals surface area contributed by atoms with Crippen LogP contribution in [0.3, 0.4) is 0 Å². The highest BCUT2D eigenvalue weighted by atomic mass is 35.5. The standard InChI is InChI=1S/C17H14ClNO2/c1-13(11-12-14-7-3-2-4-8-14)19-21-17(20)15-9-5-6-10-16(15)18/h2-12H,1H3/b12-11+,19-13+. The maximum Gasteiger partial charge on any atom is 0.367 e. The third kappa shape index (κ3) is 4.58. The average molecular weight is 300 g/mol. The molecule has 21 heavy (non-hydrogen) atoms. The first-order chi connectivity index (χ1) is 10.2. The van der Waals surface area contributed by atoms with Gasteiger partial charge in [-0.2, -0.15) is 0 Å². The lowest BCUT2D eigenvalue weighted by Gasteiger charge is -2.00. The van der Waals surface area contributed by atoms with E-state index in [2.05, 4.69) is 5.16 Å². The molecule has 0 saturated carbocycles. The molecule has 0 N–H and O–H groups in total. The molecule has 0 saturated heterocycles. The van der Waals surface area contributed by atoms with Gasteiger partial charge in [-0.15, -0.1) is 0 Å². The van der Waals surface area contributed by atoms with Crippen LogP contribution in [-0.2, 0) is 4.84 Å². The van der Waals surface area contributed by atoms with Gasteiger partial charge in [0.15, 0.2) is 0 Å². The molecule has 0 bridgehead atoms. The summed E-state index contributed by atoms with van der Waals surface area (Å²) in [7, 11) is 0. The van der Waals surface area contributed by atoms with Crippen molar-refractivity contribution in [2.75, 3.05) is 0 Å². The second-order valence-electron chi connectivity index (χ2n) is 4.34. The zero-order chi connectivity index (χ0) is 15.1. The van der Waals surface area contributed by atoms with E-state index in [0.717, 1.165) is 5.56 Å². The van der Waals surface area contributed by atoms with Crippen molar-refractivity contribution in [1.82, 2.24) is 0 Å². The summed E-state index contributed by atoms with van der Waals surface area (Å²) in [5, 5.41) is 4.12. The van der Waals surface area contributed by atoms with Crippen molar-refractivity contribution in [2.45, 2.75) is 6.92 Å². The van der Waals surface area contributed by atoms with Crippen LogP contribution < -0.4 is 0 Å². The van der Waals surface area contributed by atoms with E-state index in [-0.39, 0.29) is 0 Å². The van der Waals surface area contributed by atoms with Crippen molar-refractivity contribution in [3.05, 3.63) is 76.8 Å². The van der Waals surface area contributed by atoms with Crippen LogP contribution in [-0.4, -0.2) is 11.7 Å². The van der Waals surface area contributed by atoms with Crippen LogP contribution in [0.25, 0.3) is 6.08 Å². The van der Waals surface area contributed by atoms with E-state index in [1.807, 2.05) is 36.4 Å². The predicted molar refractivity (Wildman–Crippen MR) is 85.5 cm³/mol. The highest BCUT2D eigenvalue weighted by molar-refractivity contribution is 6.33. The molecule has 0 fully saturated rings. The molecule has 3 nitrogen and oxygen atoms in total. The zero-order valence-electron chi connectivity index (χ0n) is 11.5. The Kier molecular flexibility index (Phi) is 5.29. The number of allylic oxidation sites excluding steroid dienone is 1. The lowest BCUT2D eigenvalue weighted by molar-refractivity contribution is 0.0517. The molecule has 0 atom stereocenters. The number of hydrogen-bond donors (Lipinski definition) is 0. The summed E-state index contributed by atoms with van der Waals surface area (Å²) in [6.45, 7) is 1.75. The SMILES string of the molecule is CC(/C=C/c1ccccc1)=N\OC(=O)c1ccccc1Cl. The van der Waals surface area contributed by atoms with Crippen molar-refractivity contribution < 1.29 is 9.63 Å². The Morgan fingerprint density at radius 2 is 1.76 bits per heavy atom. The molecule has 106 valence electrons. The number of rotatable bonds is 4. The molecule has 4 heteroatoms. The lowest BCUT2D eigenvalue weighted by atomic mass is 10.2. The highest BCUT2D eigenvalue weighted by Crippen LogP contribution is 2.15. The Hall–Kier alpha value is -2.39. The largest absolute Gasteiger partial charge is 0.367 e. The summed E-state index contributed by atoms with van der Waals surface area (Å²) in [6.07, 6.45) is 3.66. The lowest BCUT2D eigenvalue weighted by Crippen LogP contribution is -2.02. The minimum atomic E-state index is -0.576. The molecule has 0 spiro atoms. The quantitative estimate of drug-likeness (QED) is 0.470. The molecule has 0 unspecified atom stereocenters. The number of nitrogens with zero attached hydrogens (tertiary/aromatic N) is 1. The Morgan fingerprint density at radius 3 is 2.48 bits per heavy atom. The van der Waals surface area contributed by atoms with Crippen molar-refractivity contribution in [3.8, 4) is 0 Å². The number of carbonyl (C=O) groups excluding carboxylic acids is 1. The van der Waals surface area contributed by atoms with E-state index in [1.54, 1.807) is 37.3 Å². The minimum absolute atomic E-state index is 0.294. The summed E-state index contributed by atoms with van der Waals surface area (Å²) in [4.78, 5) is 16.7. The predicted octanol–water partition coefficient (Wildman–Crippen LogP) is 4.59. The van der Waals surface area contributed by atoms with Gasteiger partial charge >= 0.3 is 5.97 Å². The second kappa shape index (κ2) is 7.41. The highest BCUT2D eigenvalue weighted by Gasteiger charge is 2.10. The van der Waals surface area contributed by atoms with Gasteiger partial charge in [-0.1, -0.05) is 65.3 Å². The van der Waals surface area contributed by atoms with E-state index in [0.29, 0.717) is 16.3 Å². The summed E-state index contributed by atoms with van der Waals surface area (Å²) < 4.78 is 0. The van der Waals surface area contributed by atoms with E-state index in [4.69, 9.17) is 16.4 Å². The zero-order valence-corrected chi connectivity index (χ0v) is 12.2. The van der Waals surface area contributed by atoms with Crippen molar-refractivity contribution in [1.29, 1.82) is 0 Å².